The predicted octanol–water partition coefficient (Wildman–Crippen LogP) is 4.09. The Balaban J connectivity index is 1.90. The number of hydrogen-bond donors (Lipinski definition) is 1. The Morgan fingerprint density at radius 2 is 2.03 bits per heavy atom. The highest BCUT2D eigenvalue weighted by Gasteiger charge is 2.24. The van der Waals surface area contributed by atoms with E-state index in [0.29, 0.717) is 38.9 Å². The van der Waals surface area contributed by atoms with E-state index >= 15 is 0 Å². The summed E-state index contributed by atoms with van der Waals surface area (Å²) < 4.78 is 16.9. The van der Waals surface area contributed by atoms with Crippen molar-refractivity contribution in [2.45, 2.75) is 20.8 Å². The first-order valence-corrected chi connectivity index (χ1v) is 11.0. The van der Waals surface area contributed by atoms with Crippen LogP contribution in [0.4, 0.5) is 5.00 Å². The van der Waals surface area contributed by atoms with E-state index in [4.69, 9.17) is 13.9 Å². The second-order valence-corrected chi connectivity index (χ2v) is 8.00. The lowest BCUT2D eigenvalue weighted by molar-refractivity contribution is 0.0520. The lowest BCUT2D eigenvalue weighted by Crippen LogP contribution is -2.25. The van der Waals surface area contributed by atoms with Gasteiger partial charge in [0.05, 0.1) is 30.4 Å². The van der Waals surface area contributed by atoms with Gasteiger partial charge in [-0.15, -0.1) is 11.3 Å². The van der Waals surface area contributed by atoms with Crippen LogP contribution in [0.15, 0.2) is 44.9 Å². The number of hydrogen-bond acceptors (Lipinski definition) is 8. The molecule has 0 aliphatic carbocycles. The lowest BCUT2D eigenvalue weighted by Gasteiger charge is -2.10. The average Bonchev–Trinajstić information content (AvgIpc) is 3.37. The van der Waals surface area contributed by atoms with Crippen LogP contribution in [0.1, 0.15) is 39.3 Å². The Hall–Kier alpha value is -3.92. The number of carbonyl (C=O) groups is 2. The third-order valence-corrected chi connectivity index (χ3v) is 5.83. The van der Waals surface area contributed by atoms with Gasteiger partial charge in [0.15, 0.2) is 5.69 Å². The fourth-order valence-corrected chi connectivity index (χ4v) is 4.37. The molecule has 1 N–H and O–H groups in total. The van der Waals surface area contributed by atoms with Gasteiger partial charge in [-0.2, -0.15) is 9.78 Å². The number of benzene rings is 1. The first-order valence-electron chi connectivity index (χ1n) is 10.1. The maximum atomic E-state index is 13.5. The van der Waals surface area contributed by atoms with Crippen molar-refractivity contribution >= 4 is 39.0 Å². The number of rotatable bonds is 6. The van der Waals surface area contributed by atoms with Crippen molar-refractivity contribution in [1.82, 2.24) is 9.78 Å². The SMILES string of the molecule is CCOC(=O)c1nn(-c2cccc(OC)c2)c(=O)c2c(NC(=O)c3cc(C)oc3C)scc12. The van der Waals surface area contributed by atoms with Gasteiger partial charge in [-0.3, -0.25) is 9.59 Å². The summed E-state index contributed by atoms with van der Waals surface area (Å²) in [5.41, 5.74) is 0.239. The molecule has 0 spiro atoms. The number of aromatic nitrogens is 2. The Morgan fingerprint density at radius 1 is 1.24 bits per heavy atom. The molecule has 0 fully saturated rings. The Morgan fingerprint density at radius 3 is 2.70 bits per heavy atom. The molecular formula is C23H21N3O6S. The highest BCUT2D eigenvalue weighted by molar-refractivity contribution is 7.16. The summed E-state index contributed by atoms with van der Waals surface area (Å²) in [4.78, 5) is 39.0. The number of anilines is 1. The summed E-state index contributed by atoms with van der Waals surface area (Å²) in [5.74, 6) is 0.492. The van der Waals surface area contributed by atoms with E-state index in [9.17, 15) is 14.4 Å². The maximum Gasteiger partial charge on any atom is 0.359 e. The summed E-state index contributed by atoms with van der Waals surface area (Å²) in [6, 6.07) is 8.35. The quantitative estimate of drug-likeness (QED) is 0.425. The van der Waals surface area contributed by atoms with Crippen LogP contribution in [0.25, 0.3) is 16.5 Å². The minimum Gasteiger partial charge on any atom is -0.497 e. The molecule has 0 radical (unpaired) electrons. The molecule has 33 heavy (non-hydrogen) atoms. The number of amides is 1. The van der Waals surface area contributed by atoms with E-state index in [-0.39, 0.29) is 17.7 Å². The van der Waals surface area contributed by atoms with E-state index in [1.54, 1.807) is 56.5 Å². The molecule has 1 amide bonds. The van der Waals surface area contributed by atoms with Gasteiger partial charge in [-0.25, -0.2) is 4.79 Å². The molecule has 3 aromatic heterocycles. The van der Waals surface area contributed by atoms with Crippen LogP contribution < -0.4 is 15.6 Å². The minimum absolute atomic E-state index is 0.0265. The number of ether oxygens (including phenoxy) is 2. The van der Waals surface area contributed by atoms with Crippen molar-refractivity contribution in [1.29, 1.82) is 0 Å². The topological polar surface area (TPSA) is 113 Å². The average molecular weight is 468 g/mol. The highest BCUT2D eigenvalue weighted by atomic mass is 32.1. The molecule has 9 nitrogen and oxygen atoms in total. The predicted molar refractivity (Wildman–Crippen MR) is 124 cm³/mol. The fraction of sp³-hybridized carbons (Fsp3) is 0.217. The van der Waals surface area contributed by atoms with Gasteiger partial charge in [0.25, 0.3) is 11.5 Å². The van der Waals surface area contributed by atoms with Gasteiger partial charge in [0.2, 0.25) is 0 Å². The van der Waals surface area contributed by atoms with Crippen LogP contribution in [-0.2, 0) is 4.74 Å². The van der Waals surface area contributed by atoms with Crippen molar-refractivity contribution in [3.05, 3.63) is 68.8 Å². The van der Waals surface area contributed by atoms with Gasteiger partial charge < -0.3 is 19.2 Å². The summed E-state index contributed by atoms with van der Waals surface area (Å²) in [5, 5.41) is 9.43. The smallest absolute Gasteiger partial charge is 0.359 e. The van der Waals surface area contributed by atoms with Crippen LogP contribution in [0, 0.1) is 13.8 Å². The first-order chi connectivity index (χ1) is 15.8. The summed E-state index contributed by atoms with van der Waals surface area (Å²) in [6.07, 6.45) is 0. The molecule has 4 rings (SSSR count). The summed E-state index contributed by atoms with van der Waals surface area (Å²) in [6.45, 7) is 5.26. The van der Waals surface area contributed by atoms with Gasteiger partial charge in [-0.1, -0.05) is 6.07 Å². The number of nitrogens with zero attached hydrogens (tertiary/aromatic N) is 2. The molecule has 0 unspecified atom stereocenters. The number of nitrogens with one attached hydrogen (secondary N) is 1. The number of methoxy groups -OCH3 is 1. The van der Waals surface area contributed by atoms with Crippen LogP contribution in [-0.4, -0.2) is 35.4 Å². The van der Waals surface area contributed by atoms with Crippen LogP contribution >= 0.6 is 11.3 Å². The molecule has 170 valence electrons. The number of aryl methyl sites for hydroxylation is 2. The van der Waals surface area contributed by atoms with E-state index in [0.717, 1.165) is 16.0 Å². The largest absolute Gasteiger partial charge is 0.497 e. The number of fused-ring (bicyclic) bond motifs is 1. The second kappa shape index (κ2) is 8.91. The summed E-state index contributed by atoms with van der Waals surface area (Å²) in [7, 11) is 1.51. The number of furan rings is 1. The standard InChI is InChI=1S/C23H21N3O6S/c1-5-31-23(29)19-17-11-33-21(24-20(27)16-9-12(2)32-13(16)3)18(17)22(28)26(25-19)14-7-6-8-15(10-14)30-4/h6-11H,5H2,1-4H3,(H,24,27). The fourth-order valence-electron chi connectivity index (χ4n) is 3.44. The van der Waals surface area contributed by atoms with Gasteiger partial charge in [-0.05, 0) is 39.0 Å². The molecule has 0 atom stereocenters. The van der Waals surface area contributed by atoms with Crippen LogP contribution in [0.2, 0.25) is 0 Å². The van der Waals surface area contributed by atoms with Crippen molar-refractivity contribution in [3.63, 3.8) is 0 Å². The third-order valence-electron chi connectivity index (χ3n) is 4.93. The molecular weight excluding hydrogens is 446 g/mol. The van der Waals surface area contributed by atoms with E-state index in [2.05, 4.69) is 10.4 Å². The Labute approximate surface area is 192 Å². The molecule has 0 saturated carbocycles. The van der Waals surface area contributed by atoms with Gasteiger partial charge >= 0.3 is 5.97 Å². The van der Waals surface area contributed by atoms with E-state index in [1.165, 1.54) is 7.11 Å². The molecule has 0 aliphatic heterocycles. The Bertz CT molecular complexity index is 1430. The number of thiophene rings is 1. The molecule has 10 heteroatoms. The summed E-state index contributed by atoms with van der Waals surface area (Å²) >= 11 is 1.13. The number of carbonyl (C=O) groups excluding carboxylic acids is 2. The molecule has 1 aromatic carbocycles. The molecule has 3 heterocycles. The molecule has 0 aliphatic rings. The highest BCUT2D eigenvalue weighted by Crippen LogP contribution is 2.31. The molecule has 0 bridgehead atoms. The minimum atomic E-state index is -0.670. The monoisotopic (exact) mass is 467 g/mol. The molecule has 4 aromatic rings. The van der Waals surface area contributed by atoms with Crippen molar-refractivity contribution in [2.24, 2.45) is 0 Å². The number of esters is 1. The van der Waals surface area contributed by atoms with Crippen LogP contribution in [0.3, 0.4) is 0 Å². The third kappa shape index (κ3) is 4.12. The zero-order valence-corrected chi connectivity index (χ0v) is 19.2. The van der Waals surface area contributed by atoms with E-state index in [1.807, 2.05) is 0 Å². The van der Waals surface area contributed by atoms with Crippen molar-refractivity contribution < 1.29 is 23.5 Å². The zero-order chi connectivity index (χ0) is 23.7. The lowest BCUT2D eigenvalue weighted by atomic mass is 10.2. The zero-order valence-electron chi connectivity index (χ0n) is 18.4. The van der Waals surface area contributed by atoms with Gasteiger partial charge in [0, 0.05) is 16.8 Å². The van der Waals surface area contributed by atoms with Crippen LogP contribution in [0.5, 0.6) is 5.75 Å². The van der Waals surface area contributed by atoms with Gasteiger partial charge in [0.1, 0.15) is 22.3 Å². The molecule has 0 saturated heterocycles. The second-order valence-electron chi connectivity index (χ2n) is 7.12. The first kappa shape index (κ1) is 22.3. The Kier molecular flexibility index (Phi) is 6.01. The van der Waals surface area contributed by atoms with Crippen molar-refractivity contribution in [3.8, 4) is 11.4 Å². The van der Waals surface area contributed by atoms with Crippen molar-refractivity contribution in [2.75, 3.05) is 19.0 Å². The van der Waals surface area contributed by atoms with E-state index < -0.39 is 17.4 Å². The maximum absolute atomic E-state index is 13.5. The normalized spacial score (nSPS) is 10.9.